The van der Waals surface area contributed by atoms with E-state index >= 15 is 0 Å². The molecule has 0 aliphatic heterocycles. The van der Waals surface area contributed by atoms with Crippen molar-refractivity contribution in [1.29, 1.82) is 0 Å². The summed E-state index contributed by atoms with van der Waals surface area (Å²) < 4.78 is 1.93. The van der Waals surface area contributed by atoms with Crippen LogP contribution < -0.4 is 5.32 Å². The van der Waals surface area contributed by atoms with E-state index in [9.17, 15) is 0 Å². The van der Waals surface area contributed by atoms with Gasteiger partial charge in [0.05, 0.1) is 0 Å². The molecule has 3 heteroatoms. The molecule has 19 heavy (non-hydrogen) atoms. The van der Waals surface area contributed by atoms with E-state index in [4.69, 9.17) is 0 Å². The first-order valence-electron chi connectivity index (χ1n) is 6.85. The molecule has 3 nitrogen and oxygen atoms in total. The Morgan fingerprint density at radius 2 is 2.05 bits per heavy atom. The van der Waals surface area contributed by atoms with E-state index in [1.54, 1.807) is 0 Å². The summed E-state index contributed by atoms with van der Waals surface area (Å²) in [5.74, 6) is 0. The second-order valence-electron chi connectivity index (χ2n) is 5.23. The van der Waals surface area contributed by atoms with Gasteiger partial charge in [-0.25, -0.2) is 0 Å². The third kappa shape index (κ3) is 3.44. The van der Waals surface area contributed by atoms with Gasteiger partial charge in [0.2, 0.25) is 0 Å². The Labute approximate surface area is 115 Å². The van der Waals surface area contributed by atoms with Crippen molar-refractivity contribution < 1.29 is 0 Å². The Morgan fingerprint density at radius 1 is 1.26 bits per heavy atom. The maximum atomic E-state index is 4.19. The first-order chi connectivity index (χ1) is 9.08. The highest BCUT2D eigenvalue weighted by molar-refractivity contribution is 5.32. The van der Waals surface area contributed by atoms with Crippen LogP contribution in [-0.2, 0) is 13.5 Å². The molecule has 0 aliphatic rings. The van der Waals surface area contributed by atoms with Crippen LogP contribution in [0.2, 0.25) is 0 Å². The molecule has 0 fully saturated rings. The smallest absolute Gasteiger partial charge is 0.0492 e. The molecule has 1 heterocycles. The first kappa shape index (κ1) is 13.8. The fourth-order valence-electron chi connectivity index (χ4n) is 2.40. The maximum absolute atomic E-state index is 4.19. The molecular weight excluding hydrogens is 234 g/mol. The maximum Gasteiger partial charge on any atom is 0.0492 e. The Balaban J connectivity index is 1.92. The van der Waals surface area contributed by atoms with Crippen molar-refractivity contribution in [3.8, 4) is 0 Å². The molecular formula is C16H23N3. The van der Waals surface area contributed by atoms with Crippen LogP contribution in [0.3, 0.4) is 0 Å². The third-order valence-corrected chi connectivity index (χ3v) is 3.66. The van der Waals surface area contributed by atoms with Crippen molar-refractivity contribution in [3.05, 3.63) is 52.8 Å². The van der Waals surface area contributed by atoms with Crippen molar-refractivity contribution in [1.82, 2.24) is 15.1 Å². The molecule has 1 atom stereocenters. The lowest BCUT2D eigenvalue weighted by Gasteiger charge is -2.17. The SMILES string of the molecule is Cc1ccc(C)c(C(C)NCCc2ccnn2C)c1. The summed E-state index contributed by atoms with van der Waals surface area (Å²) in [5.41, 5.74) is 5.33. The van der Waals surface area contributed by atoms with Gasteiger partial charge in [0, 0.05) is 37.9 Å². The Kier molecular flexibility index (Phi) is 4.38. The van der Waals surface area contributed by atoms with Crippen LogP contribution >= 0.6 is 0 Å². The second-order valence-corrected chi connectivity index (χ2v) is 5.23. The Bertz CT molecular complexity index is 543. The first-order valence-corrected chi connectivity index (χ1v) is 6.85. The molecule has 0 saturated carbocycles. The molecule has 2 rings (SSSR count). The van der Waals surface area contributed by atoms with Gasteiger partial charge in [-0.15, -0.1) is 0 Å². The third-order valence-electron chi connectivity index (χ3n) is 3.66. The minimum absolute atomic E-state index is 0.383. The molecule has 2 aromatic rings. The number of hydrogen-bond acceptors (Lipinski definition) is 2. The molecule has 0 saturated heterocycles. The zero-order valence-electron chi connectivity index (χ0n) is 12.3. The standard InChI is InChI=1S/C16H23N3/c1-12-5-6-13(2)16(11-12)14(3)17-9-7-15-8-10-18-19(15)4/h5-6,8,10-11,14,17H,7,9H2,1-4H3. The van der Waals surface area contributed by atoms with E-state index in [2.05, 4.69) is 55.5 Å². The van der Waals surface area contributed by atoms with Crippen LogP contribution in [0, 0.1) is 13.8 Å². The molecule has 102 valence electrons. The summed E-state index contributed by atoms with van der Waals surface area (Å²) in [7, 11) is 1.99. The van der Waals surface area contributed by atoms with E-state index in [0.29, 0.717) is 6.04 Å². The Hall–Kier alpha value is -1.61. The predicted octanol–water partition coefficient (Wildman–Crippen LogP) is 2.93. The minimum Gasteiger partial charge on any atom is -0.310 e. The van der Waals surface area contributed by atoms with Crippen molar-refractivity contribution in [2.45, 2.75) is 33.2 Å². The molecule has 0 radical (unpaired) electrons. The number of rotatable bonds is 5. The predicted molar refractivity (Wildman–Crippen MR) is 79.2 cm³/mol. The molecule has 0 aliphatic carbocycles. The van der Waals surface area contributed by atoms with Crippen molar-refractivity contribution in [2.75, 3.05) is 6.54 Å². The summed E-state index contributed by atoms with van der Waals surface area (Å²) in [4.78, 5) is 0. The normalized spacial score (nSPS) is 12.6. The van der Waals surface area contributed by atoms with Gasteiger partial charge >= 0.3 is 0 Å². The van der Waals surface area contributed by atoms with E-state index in [1.165, 1.54) is 22.4 Å². The topological polar surface area (TPSA) is 29.9 Å². The van der Waals surface area contributed by atoms with Gasteiger partial charge in [0.25, 0.3) is 0 Å². The molecule has 1 unspecified atom stereocenters. The summed E-state index contributed by atoms with van der Waals surface area (Å²) in [6.45, 7) is 7.51. The van der Waals surface area contributed by atoms with Gasteiger partial charge in [-0.3, -0.25) is 4.68 Å². The van der Waals surface area contributed by atoms with Gasteiger partial charge in [-0.1, -0.05) is 23.8 Å². The molecule has 0 bridgehead atoms. The zero-order valence-corrected chi connectivity index (χ0v) is 12.3. The Morgan fingerprint density at radius 3 is 2.74 bits per heavy atom. The van der Waals surface area contributed by atoms with Crippen LogP contribution in [0.15, 0.2) is 30.5 Å². The van der Waals surface area contributed by atoms with E-state index in [0.717, 1.165) is 13.0 Å². The number of aryl methyl sites for hydroxylation is 3. The number of nitrogens with one attached hydrogen (secondary N) is 1. The van der Waals surface area contributed by atoms with Gasteiger partial charge in [-0.2, -0.15) is 5.10 Å². The molecule has 0 spiro atoms. The molecule has 1 aromatic heterocycles. The lowest BCUT2D eigenvalue weighted by atomic mass is 10.00. The van der Waals surface area contributed by atoms with Crippen LogP contribution in [0.1, 0.15) is 35.3 Å². The van der Waals surface area contributed by atoms with Crippen molar-refractivity contribution in [3.63, 3.8) is 0 Å². The molecule has 1 N–H and O–H groups in total. The lowest BCUT2D eigenvalue weighted by Crippen LogP contribution is -2.22. The largest absolute Gasteiger partial charge is 0.310 e. The van der Waals surface area contributed by atoms with E-state index < -0.39 is 0 Å². The summed E-state index contributed by atoms with van der Waals surface area (Å²) in [6.07, 6.45) is 2.86. The average Bonchev–Trinajstić information content (AvgIpc) is 2.78. The summed E-state index contributed by atoms with van der Waals surface area (Å²) in [6, 6.07) is 9.10. The zero-order chi connectivity index (χ0) is 13.8. The minimum atomic E-state index is 0.383. The van der Waals surface area contributed by atoms with Crippen molar-refractivity contribution in [2.24, 2.45) is 7.05 Å². The second kappa shape index (κ2) is 6.02. The van der Waals surface area contributed by atoms with Gasteiger partial charge in [-0.05, 0) is 38.0 Å². The van der Waals surface area contributed by atoms with E-state index in [-0.39, 0.29) is 0 Å². The van der Waals surface area contributed by atoms with E-state index in [1.807, 2.05) is 17.9 Å². The number of hydrogen-bond donors (Lipinski definition) is 1. The van der Waals surface area contributed by atoms with Gasteiger partial charge in [0.15, 0.2) is 0 Å². The monoisotopic (exact) mass is 257 g/mol. The average molecular weight is 257 g/mol. The summed E-state index contributed by atoms with van der Waals surface area (Å²) >= 11 is 0. The summed E-state index contributed by atoms with van der Waals surface area (Å²) in [5, 5.41) is 7.78. The van der Waals surface area contributed by atoms with Gasteiger partial charge in [0.1, 0.15) is 0 Å². The number of benzene rings is 1. The van der Waals surface area contributed by atoms with Crippen LogP contribution in [0.25, 0.3) is 0 Å². The highest BCUT2D eigenvalue weighted by Gasteiger charge is 2.08. The van der Waals surface area contributed by atoms with Crippen molar-refractivity contribution >= 4 is 0 Å². The molecule has 1 aromatic carbocycles. The van der Waals surface area contributed by atoms with Crippen LogP contribution in [0.5, 0.6) is 0 Å². The lowest BCUT2D eigenvalue weighted by molar-refractivity contribution is 0.562. The van der Waals surface area contributed by atoms with Gasteiger partial charge < -0.3 is 5.32 Å². The number of aromatic nitrogens is 2. The fraction of sp³-hybridized carbons (Fsp3) is 0.438. The quantitative estimate of drug-likeness (QED) is 0.892. The number of nitrogens with zero attached hydrogens (tertiary/aromatic N) is 2. The fourth-order valence-corrected chi connectivity index (χ4v) is 2.40. The van der Waals surface area contributed by atoms with Crippen LogP contribution in [-0.4, -0.2) is 16.3 Å². The highest BCUT2D eigenvalue weighted by atomic mass is 15.3. The highest BCUT2D eigenvalue weighted by Crippen LogP contribution is 2.18. The molecule has 0 amide bonds. The van der Waals surface area contributed by atoms with Crippen LogP contribution in [0.4, 0.5) is 0 Å².